The molecule has 1 atom stereocenters. The van der Waals surface area contributed by atoms with Crippen LogP contribution in [0, 0.1) is 5.92 Å². The van der Waals surface area contributed by atoms with Gasteiger partial charge >= 0.3 is 0 Å². The van der Waals surface area contributed by atoms with Crippen molar-refractivity contribution < 1.29 is 4.79 Å². The van der Waals surface area contributed by atoms with Crippen molar-refractivity contribution in [2.75, 3.05) is 0 Å². The Kier molecular flexibility index (Phi) is 4.30. The quantitative estimate of drug-likeness (QED) is 0.716. The van der Waals surface area contributed by atoms with E-state index in [1.54, 1.807) is 12.4 Å². The van der Waals surface area contributed by atoms with E-state index < -0.39 is 0 Å². The summed E-state index contributed by atoms with van der Waals surface area (Å²) in [7, 11) is 0. The molecule has 1 aromatic heterocycles. The molecule has 1 rings (SSSR count). The molecular weight excluding hydrogens is 174 g/mol. The molecule has 14 heavy (non-hydrogen) atoms. The Bertz CT molecular complexity index is 282. The number of carbonyl (C=O) groups excluding carboxylic acids is 1. The second-order valence-corrected chi connectivity index (χ2v) is 3.79. The molecule has 0 saturated carbocycles. The Hall–Kier alpha value is -1.18. The maximum absolute atomic E-state index is 11.6. The molecule has 0 aromatic carbocycles. The molecule has 0 amide bonds. The number of hydrogen-bond donors (Lipinski definition) is 0. The highest BCUT2D eigenvalue weighted by molar-refractivity contribution is 5.80. The summed E-state index contributed by atoms with van der Waals surface area (Å²) in [5.74, 6) is 0.812. The Morgan fingerprint density at radius 2 is 2.36 bits per heavy atom. The predicted molar refractivity (Wildman–Crippen MR) is 57.0 cm³/mol. The van der Waals surface area contributed by atoms with Crippen LogP contribution >= 0.6 is 0 Å². The molecule has 0 N–H and O–H groups in total. The number of hydrogen-bond acceptors (Lipinski definition) is 2. The smallest absolute Gasteiger partial charge is 0.137 e. The van der Waals surface area contributed by atoms with Gasteiger partial charge < -0.3 is 0 Å². The van der Waals surface area contributed by atoms with Crippen molar-refractivity contribution >= 4 is 5.78 Å². The molecule has 0 spiro atoms. The zero-order chi connectivity index (χ0) is 10.4. The first-order valence-electron chi connectivity index (χ1n) is 5.13. The van der Waals surface area contributed by atoms with E-state index in [0.29, 0.717) is 24.5 Å². The summed E-state index contributed by atoms with van der Waals surface area (Å²) >= 11 is 0. The van der Waals surface area contributed by atoms with Crippen LogP contribution in [0.5, 0.6) is 0 Å². The second kappa shape index (κ2) is 5.53. The van der Waals surface area contributed by atoms with Gasteiger partial charge in [0.25, 0.3) is 0 Å². The molecule has 0 saturated heterocycles. The van der Waals surface area contributed by atoms with E-state index in [1.165, 1.54) is 0 Å². The fraction of sp³-hybridized carbons (Fsp3) is 0.500. The fourth-order valence-electron chi connectivity index (χ4n) is 1.34. The number of nitrogens with zero attached hydrogens (tertiary/aromatic N) is 1. The predicted octanol–water partition coefficient (Wildman–Crippen LogP) is 2.63. The summed E-state index contributed by atoms with van der Waals surface area (Å²) in [6.45, 7) is 4.23. The Balaban J connectivity index is 2.42. The topological polar surface area (TPSA) is 30.0 Å². The molecule has 0 aliphatic heterocycles. The number of ketones is 1. The lowest BCUT2D eigenvalue weighted by Crippen LogP contribution is -2.07. The second-order valence-electron chi connectivity index (χ2n) is 3.79. The van der Waals surface area contributed by atoms with Gasteiger partial charge in [0, 0.05) is 25.2 Å². The van der Waals surface area contributed by atoms with Crippen molar-refractivity contribution in [3.63, 3.8) is 0 Å². The first kappa shape index (κ1) is 10.9. The normalized spacial score (nSPS) is 12.4. The van der Waals surface area contributed by atoms with Crippen LogP contribution in [-0.2, 0) is 11.2 Å². The van der Waals surface area contributed by atoms with Gasteiger partial charge in [0.2, 0.25) is 0 Å². The van der Waals surface area contributed by atoms with E-state index in [2.05, 4.69) is 18.8 Å². The summed E-state index contributed by atoms with van der Waals surface area (Å²) in [6, 6.07) is 3.81. The summed E-state index contributed by atoms with van der Waals surface area (Å²) in [5, 5.41) is 0. The molecule has 0 bridgehead atoms. The van der Waals surface area contributed by atoms with Gasteiger partial charge in [0.15, 0.2) is 0 Å². The van der Waals surface area contributed by atoms with E-state index in [4.69, 9.17) is 0 Å². The third-order valence-electron chi connectivity index (χ3n) is 2.40. The van der Waals surface area contributed by atoms with E-state index in [9.17, 15) is 4.79 Å². The average Bonchev–Trinajstić information content (AvgIpc) is 2.19. The van der Waals surface area contributed by atoms with E-state index in [-0.39, 0.29) is 0 Å². The average molecular weight is 191 g/mol. The molecule has 76 valence electrons. The number of rotatable bonds is 5. The molecule has 0 radical (unpaired) electrons. The van der Waals surface area contributed by atoms with Crippen molar-refractivity contribution in [1.29, 1.82) is 0 Å². The number of pyridine rings is 1. The summed E-state index contributed by atoms with van der Waals surface area (Å²) in [5.41, 5.74) is 1.01. The van der Waals surface area contributed by atoms with Crippen LogP contribution < -0.4 is 0 Å². The lowest BCUT2D eigenvalue weighted by Gasteiger charge is -2.06. The van der Waals surface area contributed by atoms with Crippen LogP contribution in [0.4, 0.5) is 0 Å². The minimum Gasteiger partial charge on any atom is -0.299 e. The number of Topliss-reactive ketones (excluding diaryl/α,β-unsaturated/α-hetero) is 1. The summed E-state index contributed by atoms with van der Waals surface area (Å²) in [6.07, 6.45) is 5.76. The maximum Gasteiger partial charge on any atom is 0.137 e. The zero-order valence-corrected chi connectivity index (χ0v) is 8.86. The highest BCUT2D eigenvalue weighted by atomic mass is 16.1. The minimum absolute atomic E-state index is 0.312. The molecule has 0 aliphatic carbocycles. The van der Waals surface area contributed by atoms with Crippen LogP contribution in [0.2, 0.25) is 0 Å². The first-order chi connectivity index (χ1) is 6.72. The highest BCUT2D eigenvalue weighted by Gasteiger charge is 2.07. The van der Waals surface area contributed by atoms with E-state index in [1.807, 2.05) is 12.1 Å². The molecule has 1 heterocycles. The SMILES string of the molecule is CCC(C)CC(=O)Cc1cccnc1. The largest absolute Gasteiger partial charge is 0.299 e. The molecule has 0 fully saturated rings. The van der Waals surface area contributed by atoms with Crippen LogP contribution in [0.25, 0.3) is 0 Å². The van der Waals surface area contributed by atoms with Gasteiger partial charge in [-0.05, 0) is 17.5 Å². The van der Waals surface area contributed by atoms with Gasteiger partial charge in [-0.15, -0.1) is 0 Å². The number of carbonyl (C=O) groups is 1. The van der Waals surface area contributed by atoms with Gasteiger partial charge in [-0.2, -0.15) is 0 Å². The molecule has 1 unspecified atom stereocenters. The standard InChI is InChI=1S/C12H17NO/c1-3-10(2)7-12(14)8-11-5-4-6-13-9-11/h4-6,9-10H,3,7-8H2,1-2H3. The molecule has 0 aliphatic rings. The van der Waals surface area contributed by atoms with Gasteiger partial charge in [0.1, 0.15) is 5.78 Å². The van der Waals surface area contributed by atoms with Crippen LogP contribution in [-0.4, -0.2) is 10.8 Å². The molecule has 2 nitrogen and oxygen atoms in total. The first-order valence-corrected chi connectivity index (χ1v) is 5.13. The third kappa shape index (κ3) is 3.69. The van der Waals surface area contributed by atoms with Crippen LogP contribution in [0.3, 0.4) is 0 Å². The Morgan fingerprint density at radius 3 is 2.93 bits per heavy atom. The fourth-order valence-corrected chi connectivity index (χ4v) is 1.34. The van der Waals surface area contributed by atoms with Gasteiger partial charge in [-0.3, -0.25) is 9.78 Å². The lowest BCUT2D eigenvalue weighted by atomic mass is 9.99. The monoisotopic (exact) mass is 191 g/mol. The van der Waals surface area contributed by atoms with E-state index >= 15 is 0 Å². The van der Waals surface area contributed by atoms with Crippen molar-refractivity contribution in [1.82, 2.24) is 4.98 Å². The molecular formula is C12H17NO. The molecule has 1 aromatic rings. The lowest BCUT2D eigenvalue weighted by molar-refractivity contribution is -0.119. The Morgan fingerprint density at radius 1 is 1.57 bits per heavy atom. The van der Waals surface area contributed by atoms with Crippen molar-refractivity contribution in [2.24, 2.45) is 5.92 Å². The summed E-state index contributed by atoms with van der Waals surface area (Å²) in [4.78, 5) is 15.5. The minimum atomic E-state index is 0.312. The van der Waals surface area contributed by atoms with Crippen molar-refractivity contribution in [3.05, 3.63) is 30.1 Å². The van der Waals surface area contributed by atoms with Gasteiger partial charge in [-0.1, -0.05) is 26.3 Å². The summed E-state index contributed by atoms with van der Waals surface area (Å²) < 4.78 is 0. The van der Waals surface area contributed by atoms with Crippen LogP contribution in [0.1, 0.15) is 32.3 Å². The van der Waals surface area contributed by atoms with Crippen molar-refractivity contribution in [3.8, 4) is 0 Å². The highest BCUT2D eigenvalue weighted by Crippen LogP contribution is 2.09. The van der Waals surface area contributed by atoms with Crippen molar-refractivity contribution in [2.45, 2.75) is 33.1 Å². The molecule has 2 heteroatoms. The van der Waals surface area contributed by atoms with Gasteiger partial charge in [0.05, 0.1) is 0 Å². The number of aromatic nitrogens is 1. The van der Waals surface area contributed by atoms with Gasteiger partial charge in [-0.25, -0.2) is 0 Å². The van der Waals surface area contributed by atoms with Crippen LogP contribution in [0.15, 0.2) is 24.5 Å². The maximum atomic E-state index is 11.6. The Labute approximate surface area is 85.4 Å². The zero-order valence-electron chi connectivity index (χ0n) is 8.86. The third-order valence-corrected chi connectivity index (χ3v) is 2.40. The van der Waals surface area contributed by atoms with E-state index in [0.717, 1.165) is 12.0 Å².